The number of benzene rings is 1. The summed E-state index contributed by atoms with van der Waals surface area (Å²) in [4.78, 5) is 27.0. The van der Waals surface area contributed by atoms with E-state index in [2.05, 4.69) is 5.32 Å². The Morgan fingerprint density at radius 2 is 2.16 bits per heavy atom. The van der Waals surface area contributed by atoms with E-state index in [0.717, 1.165) is 12.1 Å². The van der Waals surface area contributed by atoms with Gasteiger partial charge in [-0.15, -0.1) is 0 Å². The number of hydrogen-bond acceptors (Lipinski definition) is 5. The Balaban J connectivity index is 1.57. The zero-order valence-corrected chi connectivity index (χ0v) is 17.5. The molecule has 0 radical (unpaired) electrons. The standard InChI is InChI=1S/C22H22F3N3O4/c1-20-9-12(7-15(29)27-2)21(32-20)5-6-31-19-17(21)16(20)18(30)28(19)13-4-3-11(10-26)14(8-13)22(23,24)25/h3-4,8,12,16-17,19H,5-7,9H2,1-2H3,(H,27,29)/t12-,16-,17+,19+,20-,21+/m1/s1. The quantitative estimate of drug-likeness (QED) is 0.766. The van der Waals surface area contributed by atoms with Crippen LogP contribution in [0.1, 0.15) is 37.3 Å². The Hall–Kier alpha value is -2.64. The van der Waals surface area contributed by atoms with Crippen molar-refractivity contribution < 1.29 is 32.2 Å². The predicted molar refractivity (Wildman–Crippen MR) is 104 cm³/mol. The Bertz CT molecular complexity index is 1050. The second kappa shape index (κ2) is 6.68. The van der Waals surface area contributed by atoms with Crippen LogP contribution in [0.4, 0.5) is 18.9 Å². The van der Waals surface area contributed by atoms with Crippen molar-refractivity contribution >= 4 is 17.5 Å². The highest BCUT2D eigenvalue weighted by molar-refractivity contribution is 6.00. The molecule has 1 spiro atoms. The van der Waals surface area contributed by atoms with Gasteiger partial charge in [0.25, 0.3) is 0 Å². The molecule has 32 heavy (non-hydrogen) atoms. The molecule has 4 aliphatic heterocycles. The molecule has 7 nitrogen and oxygen atoms in total. The molecule has 10 heteroatoms. The summed E-state index contributed by atoms with van der Waals surface area (Å²) >= 11 is 0. The molecule has 1 aromatic rings. The number of nitrogens with zero attached hydrogens (tertiary/aromatic N) is 2. The predicted octanol–water partition coefficient (Wildman–Crippen LogP) is 2.59. The first kappa shape index (κ1) is 21.2. The number of carbonyl (C=O) groups excluding carboxylic acids is 2. The summed E-state index contributed by atoms with van der Waals surface area (Å²) in [5.74, 6) is -1.53. The maximum absolute atomic E-state index is 13.6. The molecule has 170 valence electrons. The molecular formula is C22H22F3N3O4. The molecule has 0 unspecified atom stereocenters. The fourth-order valence-electron chi connectivity index (χ4n) is 6.47. The van der Waals surface area contributed by atoms with Crippen molar-refractivity contribution in [2.75, 3.05) is 18.6 Å². The molecule has 1 N–H and O–H groups in total. The summed E-state index contributed by atoms with van der Waals surface area (Å²) in [5, 5.41) is 11.7. The summed E-state index contributed by atoms with van der Waals surface area (Å²) in [6.07, 6.45) is -4.23. The van der Waals surface area contributed by atoms with Gasteiger partial charge in [0.2, 0.25) is 11.8 Å². The molecule has 4 fully saturated rings. The number of fused-ring (bicyclic) bond motifs is 2. The van der Waals surface area contributed by atoms with Gasteiger partial charge in [-0.25, -0.2) is 0 Å². The van der Waals surface area contributed by atoms with Crippen LogP contribution in [0.25, 0.3) is 0 Å². The van der Waals surface area contributed by atoms with E-state index in [9.17, 15) is 22.8 Å². The summed E-state index contributed by atoms with van der Waals surface area (Å²) in [6, 6.07) is 4.84. The fraction of sp³-hybridized carbons (Fsp3) is 0.591. The summed E-state index contributed by atoms with van der Waals surface area (Å²) < 4.78 is 53.1. The normalized spacial score (nSPS) is 37.4. The number of carbonyl (C=O) groups is 2. The number of rotatable bonds is 3. The zero-order valence-electron chi connectivity index (χ0n) is 17.5. The summed E-state index contributed by atoms with van der Waals surface area (Å²) in [5.41, 5.74) is -3.10. The summed E-state index contributed by atoms with van der Waals surface area (Å²) in [7, 11) is 1.56. The van der Waals surface area contributed by atoms with Gasteiger partial charge in [-0.05, 0) is 37.5 Å². The van der Waals surface area contributed by atoms with E-state index in [-0.39, 0.29) is 42.4 Å². The first-order valence-electron chi connectivity index (χ1n) is 10.5. The Morgan fingerprint density at radius 1 is 1.41 bits per heavy atom. The molecule has 1 aromatic carbocycles. The summed E-state index contributed by atoms with van der Waals surface area (Å²) in [6.45, 7) is 2.11. The van der Waals surface area contributed by atoms with Crippen LogP contribution in [0.2, 0.25) is 0 Å². The number of anilines is 1. The van der Waals surface area contributed by atoms with Crippen LogP contribution < -0.4 is 10.2 Å². The third kappa shape index (κ3) is 2.67. The number of nitriles is 1. The van der Waals surface area contributed by atoms with E-state index < -0.39 is 40.7 Å². The average molecular weight is 449 g/mol. The number of hydrogen-bond donors (Lipinski definition) is 1. The smallest absolute Gasteiger partial charge is 0.367 e. The molecule has 4 aliphatic rings. The number of nitrogens with one attached hydrogen (secondary N) is 1. The van der Waals surface area contributed by atoms with Crippen LogP contribution in [0, 0.1) is 29.1 Å². The Morgan fingerprint density at radius 3 is 2.81 bits per heavy atom. The Kier molecular flexibility index (Phi) is 4.43. The second-order valence-electron chi connectivity index (χ2n) is 9.21. The van der Waals surface area contributed by atoms with E-state index in [1.54, 1.807) is 13.1 Å². The zero-order chi connectivity index (χ0) is 23.1. The fourth-order valence-corrected chi connectivity index (χ4v) is 6.47. The van der Waals surface area contributed by atoms with E-state index in [0.29, 0.717) is 12.8 Å². The van der Waals surface area contributed by atoms with Crippen molar-refractivity contribution in [2.24, 2.45) is 17.8 Å². The van der Waals surface area contributed by atoms with E-state index in [1.807, 2.05) is 6.92 Å². The van der Waals surface area contributed by atoms with Crippen molar-refractivity contribution in [3.05, 3.63) is 29.3 Å². The van der Waals surface area contributed by atoms with Crippen molar-refractivity contribution in [1.82, 2.24) is 5.32 Å². The molecule has 0 aromatic heterocycles. The molecule has 0 aliphatic carbocycles. The number of amides is 2. The molecule has 2 bridgehead atoms. The molecule has 5 rings (SSSR count). The van der Waals surface area contributed by atoms with Gasteiger partial charge in [-0.2, -0.15) is 18.4 Å². The van der Waals surface area contributed by atoms with Gasteiger partial charge in [-0.1, -0.05) is 0 Å². The highest BCUT2D eigenvalue weighted by atomic mass is 19.4. The third-order valence-corrected chi connectivity index (χ3v) is 7.61. The van der Waals surface area contributed by atoms with Gasteiger partial charge < -0.3 is 14.8 Å². The SMILES string of the molecule is CNC(=O)C[C@@H]1C[C@@]2(C)O[C@@]13CCO[C@H]1[C@@H]3[C@@H]2C(=O)N1c1ccc(C#N)c(C(F)(F)F)c1. The third-order valence-electron chi connectivity index (χ3n) is 7.61. The minimum atomic E-state index is -4.74. The lowest BCUT2D eigenvalue weighted by molar-refractivity contribution is -0.153. The van der Waals surface area contributed by atoms with Crippen molar-refractivity contribution in [3.8, 4) is 6.07 Å². The van der Waals surface area contributed by atoms with Gasteiger partial charge in [0.15, 0.2) is 0 Å². The first-order valence-corrected chi connectivity index (χ1v) is 10.5. The molecule has 4 saturated heterocycles. The Labute approximate surface area is 182 Å². The van der Waals surface area contributed by atoms with Crippen molar-refractivity contribution in [1.29, 1.82) is 5.26 Å². The monoisotopic (exact) mass is 449 g/mol. The number of ether oxygens (including phenoxy) is 2. The maximum atomic E-state index is 13.6. The lowest BCUT2D eigenvalue weighted by Crippen LogP contribution is -2.55. The van der Waals surface area contributed by atoms with Crippen LogP contribution in [0.15, 0.2) is 18.2 Å². The topological polar surface area (TPSA) is 91.7 Å². The minimum Gasteiger partial charge on any atom is -0.367 e. The molecule has 4 heterocycles. The highest BCUT2D eigenvalue weighted by Gasteiger charge is 2.78. The van der Waals surface area contributed by atoms with E-state index in [1.165, 1.54) is 11.0 Å². The molecule has 2 amide bonds. The van der Waals surface area contributed by atoms with Gasteiger partial charge in [0.1, 0.15) is 6.23 Å². The largest absolute Gasteiger partial charge is 0.417 e. The van der Waals surface area contributed by atoms with Gasteiger partial charge in [-0.3, -0.25) is 14.5 Å². The van der Waals surface area contributed by atoms with Crippen LogP contribution in [0.5, 0.6) is 0 Å². The van der Waals surface area contributed by atoms with Gasteiger partial charge in [0, 0.05) is 31.5 Å². The van der Waals surface area contributed by atoms with Crippen molar-refractivity contribution in [2.45, 2.75) is 49.8 Å². The molecule has 0 saturated carbocycles. The number of alkyl halides is 3. The molecule has 6 atom stereocenters. The maximum Gasteiger partial charge on any atom is 0.417 e. The van der Waals surface area contributed by atoms with Crippen LogP contribution in [-0.4, -0.2) is 42.9 Å². The van der Waals surface area contributed by atoms with Crippen LogP contribution >= 0.6 is 0 Å². The lowest BCUT2D eigenvalue weighted by Gasteiger charge is -2.45. The first-order chi connectivity index (χ1) is 15.1. The lowest BCUT2D eigenvalue weighted by atomic mass is 9.60. The van der Waals surface area contributed by atoms with Crippen LogP contribution in [-0.2, 0) is 25.2 Å². The average Bonchev–Trinajstić information content (AvgIpc) is 3.30. The van der Waals surface area contributed by atoms with E-state index in [4.69, 9.17) is 14.7 Å². The van der Waals surface area contributed by atoms with Gasteiger partial charge >= 0.3 is 6.18 Å². The second-order valence-corrected chi connectivity index (χ2v) is 9.21. The highest BCUT2D eigenvalue weighted by Crippen LogP contribution is 2.67. The van der Waals surface area contributed by atoms with E-state index >= 15 is 0 Å². The van der Waals surface area contributed by atoms with Crippen molar-refractivity contribution in [3.63, 3.8) is 0 Å². The number of halogens is 3. The van der Waals surface area contributed by atoms with Gasteiger partial charge in [0.05, 0.1) is 40.9 Å². The molecular weight excluding hydrogens is 427 g/mol. The van der Waals surface area contributed by atoms with Crippen LogP contribution in [0.3, 0.4) is 0 Å². The minimum absolute atomic E-state index is 0.0450.